The van der Waals surface area contributed by atoms with Crippen LogP contribution in [0.4, 0.5) is 0 Å². The fourth-order valence-corrected chi connectivity index (χ4v) is 3.74. The van der Waals surface area contributed by atoms with E-state index in [0.29, 0.717) is 19.4 Å². The van der Waals surface area contributed by atoms with Gasteiger partial charge in [0.1, 0.15) is 0 Å². The fraction of sp³-hybridized carbons (Fsp3) is 0.609. The molecule has 1 N–H and O–H groups in total. The Balaban J connectivity index is 1.82. The predicted molar refractivity (Wildman–Crippen MR) is 107 cm³/mol. The molecular formula is C23H33NO3. The van der Waals surface area contributed by atoms with Crippen molar-refractivity contribution in [3.8, 4) is 0 Å². The Labute approximate surface area is 163 Å². The molecule has 2 rings (SSSR count). The number of aryl methyl sites for hydroxylation is 1. The monoisotopic (exact) mass is 371 g/mol. The summed E-state index contributed by atoms with van der Waals surface area (Å²) in [6.07, 6.45) is 6.12. The van der Waals surface area contributed by atoms with Gasteiger partial charge in [0.2, 0.25) is 17.5 Å². The average molecular weight is 372 g/mol. The first-order chi connectivity index (χ1) is 12.8. The lowest BCUT2D eigenvalue weighted by molar-refractivity contribution is -0.147. The van der Waals surface area contributed by atoms with Crippen LogP contribution in [0.3, 0.4) is 0 Å². The third kappa shape index (κ3) is 6.30. The molecule has 1 aromatic carbocycles. The second-order valence-corrected chi connectivity index (χ2v) is 8.67. The quantitative estimate of drug-likeness (QED) is 0.552. The number of rotatable bonds is 8. The standard InChI is InChI=1S/C23H33NO3/c1-23(2,3)21(26)20(25)18-14-7-8-15-19(18)22(27)24-16-10-9-13-17-11-5-4-6-12-17/h4-6,11-12,18-19H,7-10,13-16H2,1-3H3,(H,24,27)/t18?,19-/m1/s1. The van der Waals surface area contributed by atoms with Gasteiger partial charge in [-0.15, -0.1) is 0 Å². The van der Waals surface area contributed by atoms with Crippen molar-refractivity contribution in [2.45, 2.75) is 65.7 Å². The van der Waals surface area contributed by atoms with Gasteiger partial charge in [-0.2, -0.15) is 0 Å². The van der Waals surface area contributed by atoms with Gasteiger partial charge < -0.3 is 5.32 Å². The molecule has 2 atom stereocenters. The Morgan fingerprint density at radius 2 is 1.59 bits per heavy atom. The van der Waals surface area contributed by atoms with E-state index in [1.165, 1.54) is 5.56 Å². The molecule has 0 aliphatic heterocycles. The highest BCUT2D eigenvalue weighted by molar-refractivity contribution is 6.40. The summed E-state index contributed by atoms with van der Waals surface area (Å²) in [7, 11) is 0. The van der Waals surface area contributed by atoms with Crippen LogP contribution in [0.5, 0.6) is 0 Å². The average Bonchev–Trinajstić information content (AvgIpc) is 2.66. The topological polar surface area (TPSA) is 63.2 Å². The Morgan fingerprint density at radius 1 is 0.963 bits per heavy atom. The lowest BCUT2D eigenvalue weighted by Gasteiger charge is -2.30. The summed E-state index contributed by atoms with van der Waals surface area (Å²) in [5.74, 6) is -1.57. The minimum Gasteiger partial charge on any atom is -0.356 e. The molecule has 1 aromatic rings. The van der Waals surface area contributed by atoms with Gasteiger partial charge in [0.25, 0.3) is 0 Å². The summed E-state index contributed by atoms with van der Waals surface area (Å²) in [4.78, 5) is 37.7. The van der Waals surface area contributed by atoms with Crippen molar-refractivity contribution in [1.82, 2.24) is 5.32 Å². The maximum atomic E-state index is 12.7. The molecule has 4 nitrogen and oxygen atoms in total. The normalized spacial score (nSPS) is 20.1. The van der Waals surface area contributed by atoms with Crippen LogP contribution < -0.4 is 5.32 Å². The first-order valence-corrected chi connectivity index (χ1v) is 10.2. The van der Waals surface area contributed by atoms with E-state index < -0.39 is 11.3 Å². The molecule has 0 radical (unpaired) electrons. The third-order valence-electron chi connectivity index (χ3n) is 5.38. The number of benzene rings is 1. The summed E-state index contributed by atoms with van der Waals surface area (Å²) in [6.45, 7) is 5.91. The van der Waals surface area contributed by atoms with E-state index in [4.69, 9.17) is 0 Å². The molecule has 0 heterocycles. The zero-order chi connectivity index (χ0) is 19.9. The van der Waals surface area contributed by atoms with Gasteiger partial charge in [-0.05, 0) is 37.7 Å². The Bertz CT molecular complexity index is 645. The predicted octanol–water partition coefficient (Wildman–Crippen LogP) is 4.12. The highest BCUT2D eigenvalue weighted by atomic mass is 16.2. The number of hydrogen-bond donors (Lipinski definition) is 1. The molecule has 4 heteroatoms. The van der Waals surface area contributed by atoms with Crippen LogP contribution in [-0.4, -0.2) is 24.0 Å². The second kappa shape index (κ2) is 9.82. The van der Waals surface area contributed by atoms with Gasteiger partial charge >= 0.3 is 0 Å². The molecule has 0 spiro atoms. The number of nitrogens with one attached hydrogen (secondary N) is 1. The van der Waals surface area contributed by atoms with Gasteiger partial charge in [-0.1, -0.05) is 63.9 Å². The number of unbranched alkanes of at least 4 members (excludes halogenated alkanes) is 1. The van der Waals surface area contributed by atoms with Gasteiger partial charge in [-0.25, -0.2) is 0 Å². The largest absolute Gasteiger partial charge is 0.356 e. The van der Waals surface area contributed by atoms with E-state index >= 15 is 0 Å². The van der Waals surface area contributed by atoms with Gasteiger partial charge in [0.05, 0.1) is 0 Å². The second-order valence-electron chi connectivity index (χ2n) is 8.67. The Kier molecular flexibility index (Phi) is 7.76. The first kappa shape index (κ1) is 21.3. The summed E-state index contributed by atoms with van der Waals surface area (Å²) in [6, 6.07) is 10.3. The van der Waals surface area contributed by atoms with Crippen LogP contribution in [0.2, 0.25) is 0 Å². The molecule has 0 bridgehead atoms. The number of carbonyl (C=O) groups is 3. The zero-order valence-electron chi connectivity index (χ0n) is 16.9. The van der Waals surface area contributed by atoms with E-state index in [-0.39, 0.29) is 23.4 Å². The lowest BCUT2D eigenvalue weighted by atomic mass is 9.72. The van der Waals surface area contributed by atoms with E-state index in [2.05, 4.69) is 17.4 Å². The minimum absolute atomic E-state index is 0.0607. The summed E-state index contributed by atoms with van der Waals surface area (Å²) < 4.78 is 0. The molecule has 1 saturated carbocycles. The third-order valence-corrected chi connectivity index (χ3v) is 5.38. The molecule has 0 saturated heterocycles. The molecule has 1 unspecified atom stereocenters. The van der Waals surface area contributed by atoms with Crippen LogP contribution in [0.15, 0.2) is 30.3 Å². The molecule has 148 valence electrons. The maximum absolute atomic E-state index is 12.7. The van der Waals surface area contributed by atoms with Crippen molar-refractivity contribution in [3.63, 3.8) is 0 Å². The van der Waals surface area contributed by atoms with Gasteiger partial charge in [0.15, 0.2) is 0 Å². The smallest absolute Gasteiger partial charge is 0.223 e. The number of Topliss-reactive ketones (excluding diaryl/α,β-unsaturated/α-hetero) is 2. The van der Waals surface area contributed by atoms with Crippen LogP contribution in [0, 0.1) is 17.3 Å². The molecule has 27 heavy (non-hydrogen) atoms. The Morgan fingerprint density at radius 3 is 2.22 bits per heavy atom. The van der Waals surface area contributed by atoms with E-state index in [1.807, 2.05) is 18.2 Å². The van der Waals surface area contributed by atoms with E-state index in [0.717, 1.165) is 32.1 Å². The van der Waals surface area contributed by atoms with Crippen molar-refractivity contribution in [1.29, 1.82) is 0 Å². The minimum atomic E-state index is -0.688. The number of ketones is 2. The molecule has 0 aromatic heterocycles. The highest BCUT2D eigenvalue weighted by Crippen LogP contribution is 2.33. The van der Waals surface area contributed by atoms with Gasteiger partial charge in [0, 0.05) is 23.8 Å². The van der Waals surface area contributed by atoms with Crippen LogP contribution >= 0.6 is 0 Å². The van der Waals surface area contributed by atoms with Crippen molar-refractivity contribution < 1.29 is 14.4 Å². The molecule has 1 fully saturated rings. The molecule has 1 aliphatic rings. The lowest BCUT2D eigenvalue weighted by Crippen LogP contribution is -2.44. The number of amides is 1. The highest BCUT2D eigenvalue weighted by Gasteiger charge is 2.41. The van der Waals surface area contributed by atoms with Crippen molar-refractivity contribution in [2.24, 2.45) is 17.3 Å². The Hall–Kier alpha value is -1.97. The van der Waals surface area contributed by atoms with E-state index in [1.54, 1.807) is 20.8 Å². The van der Waals surface area contributed by atoms with Crippen LogP contribution in [-0.2, 0) is 20.8 Å². The molecular weight excluding hydrogens is 338 g/mol. The van der Waals surface area contributed by atoms with Crippen molar-refractivity contribution >= 4 is 17.5 Å². The maximum Gasteiger partial charge on any atom is 0.223 e. The van der Waals surface area contributed by atoms with Crippen molar-refractivity contribution in [3.05, 3.63) is 35.9 Å². The number of hydrogen-bond acceptors (Lipinski definition) is 3. The zero-order valence-corrected chi connectivity index (χ0v) is 16.9. The summed E-state index contributed by atoms with van der Waals surface area (Å²) >= 11 is 0. The SMILES string of the molecule is CC(C)(C)C(=O)C(=O)C1CCCC[C@H]1C(=O)NCCCCc1ccccc1. The molecule has 1 aliphatic carbocycles. The van der Waals surface area contributed by atoms with Crippen LogP contribution in [0.1, 0.15) is 64.9 Å². The fourth-order valence-electron chi connectivity index (χ4n) is 3.74. The first-order valence-electron chi connectivity index (χ1n) is 10.2. The van der Waals surface area contributed by atoms with Crippen molar-refractivity contribution in [2.75, 3.05) is 6.54 Å². The van der Waals surface area contributed by atoms with Gasteiger partial charge in [-0.3, -0.25) is 14.4 Å². The summed E-state index contributed by atoms with van der Waals surface area (Å²) in [5.41, 5.74) is 0.620. The number of carbonyl (C=O) groups excluding carboxylic acids is 3. The van der Waals surface area contributed by atoms with Crippen LogP contribution in [0.25, 0.3) is 0 Å². The van der Waals surface area contributed by atoms with E-state index in [9.17, 15) is 14.4 Å². The molecule has 1 amide bonds. The summed E-state index contributed by atoms with van der Waals surface area (Å²) in [5, 5.41) is 3.00.